The minimum atomic E-state index is 0.399. The lowest BCUT2D eigenvalue weighted by Crippen LogP contribution is -2.04. The lowest BCUT2D eigenvalue weighted by atomic mass is 10.2. The van der Waals surface area contributed by atoms with Crippen molar-refractivity contribution in [3.05, 3.63) is 40.7 Å². The van der Waals surface area contributed by atoms with Gasteiger partial charge in [0, 0.05) is 6.20 Å². The van der Waals surface area contributed by atoms with E-state index in [-0.39, 0.29) is 0 Å². The fraction of sp³-hybridized carbons (Fsp3) is 0.300. The van der Waals surface area contributed by atoms with Crippen molar-refractivity contribution in [2.45, 2.75) is 20.4 Å². The van der Waals surface area contributed by atoms with Gasteiger partial charge in [-0.2, -0.15) is 0 Å². The minimum absolute atomic E-state index is 0.399. The maximum absolute atomic E-state index is 5.90. The molecule has 2 rings (SSSR count). The van der Waals surface area contributed by atoms with Crippen molar-refractivity contribution >= 4 is 11.6 Å². The molecule has 0 aliphatic rings. The summed E-state index contributed by atoms with van der Waals surface area (Å²) in [5, 5.41) is 8.07. The molecule has 0 bridgehead atoms. The first-order valence-electron chi connectivity index (χ1n) is 4.63. The van der Waals surface area contributed by atoms with Crippen molar-refractivity contribution in [1.82, 2.24) is 19.7 Å². The number of aromatic nitrogens is 4. The fourth-order valence-electron chi connectivity index (χ4n) is 1.38. The van der Waals surface area contributed by atoms with Gasteiger partial charge in [0.25, 0.3) is 0 Å². The van der Waals surface area contributed by atoms with E-state index in [9.17, 15) is 0 Å². The Labute approximate surface area is 92.9 Å². The number of nitrogens with zero attached hydrogens (tertiary/aromatic N) is 4. The van der Waals surface area contributed by atoms with E-state index in [1.54, 1.807) is 6.20 Å². The number of hydrogen-bond acceptors (Lipinski definition) is 3. The fourth-order valence-corrected chi connectivity index (χ4v) is 1.60. The van der Waals surface area contributed by atoms with Crippen LogP contribution in [0.5, 0.6) is 0 Å². The van der Waals surface area contributed by atoms with E-state index in [1.807, 2.05) is 30.5 Å². The Morgan fingerprint density at radius 2 is 2.13 bits per heavy atom. The molecule has 2 heterocycles. The molecule has 0 radical (unpaired) electrons. The quantitative estimate of drug-likeness (QED) is 0.781. The molecule has 0 saturated heterocycles. The maximum Gasteiger partial charge on any atom is 0.225 e. The highest BCUT2D eigenvalue weighted by atomic mass is 35.5. The van der Waals surface area contributed by atoms with Gasteiger partial charge in [-0.3, -0.25) is 9.55 Å². The first-order chi connectivity index (χ1) is 7.16. The van der Waals surface area contributed by atoms with E-state index in [2.05, 4.69) is 15.2 Å². The molecular formula is C10H11ClN4. The van der Waals surface area contributed by atoms with Crippen molar-refractivity contribution in [2.24, 2.45) is 0 Å². The van der Waals surface area contributed by atoms with Crippen LogP contribution in [0.4, 0.5) is 0 Å². The number of pyridine rings is 1. The molecule has 0 aromatic carbocycles. The van der Waals surface area contributed by atoms with Crippen LogP contribution in [0.1, 0.15) is 17.1 Å². The number of aryl methyl sites for hydroxylation is 2. The van der Waals surface area contributed by atoms with Gasteiger partial charge in [-0.05, 0) is 43.1 Å². The number of hydrogen-bond donors (Lipinski definition) is 0. The average molecular weight is 223 g/mol. The smallest absolute Gasteiger partial charge is 0.225 e. The van der Waals surface area contributed by atoms with Crippen LogP contribution in [-0.4, -0.2) is 19.7 Å². The first kappa shape index (κ1) is 10.1. The lowest BCUT2D eigenvalue weighted by molar-refractivity contribution is 0.741. The van der Waals surface area contributed by atoms with Gasteiger partial charge in [0.05, 0.1) is 12.2 Å². The predicted molar refractivity (Wildman–Crippen MR) is 57.8 cm³/mol. The third-order valence-corrected chi connectivity index (χ3v) is 2.46. The van der Waals surface area contributed by atoms with Crippen molar-refractivity contribution in [1.29, 1.82) is 0 Å². The standard InChI is InChI=1S/C10H11ClN4/c1-7-3-4-12-9(5-7)6-15-8(2)13-14-10(15)11/h3-5H,6H2,1-2H3. The highest BCUT2D eigenvalue weighted by molar-refractivity contribution is 6.28. The Kier molecular flexibility index (Phi) is 2.68. The molecule has 0 fully saturated rings. The molecule has 0 spiro atoms. The zero-order valence-electron chi connectivity index (χ0n) is 8.61. The van der Waals surface area contributed by atoms with E-state index in [0.717, 1.165) is 11.5 Å². The van der Waals surface area contributed by atoms with Gasteiger partial charge in [-0.1, -0.05) is 0 Å². The second-order valence-corrected chi connectivity index (χ2v) is 3.76. The van der Waals surface area contributed by atoms with E-state index < -0.39 is 0 Å². The zero-order chi connectivity index (χ0) is 10.8. The summed E-state index contributed by atoms with van der Waals surface area (Å²) in [5.74, 6) is 0.795. The van der Waals surface area contributed by atoms with Crippen LogP contribution < -0.4 is 0 Å². The van der Waals surface area contributed by atoms with E-state index >= 15 is 0 Å². The van der Waals surface area contributed by atoms with Gasteiger partial charge in [0.1, 0.15) is 5.82 Å². The first-order valence-corrected chi connectivity index (χ1v) is 5.01. The number of rotatable bonds is 2. The van der Waals surface area contributed by atoms with Gasteiger partial charge >= 0.3 is 0 Å². The molecule has 0 aliphatic carbocycles. The molecular weight excluding hydrogens is 212 g/mol. The Bertz CT molecular complexity index is 459. The maximum atomic E-state index is 5.90. The summed E-state index contributed by atoms with van der Waals surface area (Å²) in [4.78, 5) is 4.26. The van der Waals surface area contributed by atoms with Crippen LogP contribution in [0.25, 0.3) is 0 Å². The Morgan fingerprint density at radius 1 is 1.33 bits per heavy atom. The van der Waals surface area contributed by atoms with Crippen LogP contribution in [0.2, 0.25) is 5.28 Å². The monoisotopic (exact) mass is 222 g/mol. The molecule has 5 heteroatoms. The lowest BCUT2D eigenvalue weighted by Gasteiger charge is -2.04. The van der Waals surface area contributed by atoms with Crippen LogP contribution in [0.3, 0.4) is 0 Å². The van der Waals surface area contributed by atoms with Gasteiger partial charge in [0.2, 0.25) is 5.28 Å². The van der Waals surface area contributed by atoms with E-state index in [1.165, 1.54) is 5.56 Å². The topological polar surface area (TPSA) is 43.6 Å². The van der Waals surface area contributed by atoms with Crippen LogP contribution in [0, 0.1) is 13.8 Å². The van der Waals surface area contributed by atoms with Crippen molar-refractivity contribution < 1.29 is 0 Å². The highest BCUT2D eigenvalue weighted by Gasteiger charge is 2.06. The summed E-state index contributed by atoms with van der Waals surface area (Å²) in [6.45, 7) is 4.51. The Balaban J connectivity index is 2.29. The zero-order valence-corrected chi connectivity index (χ0v) is 9.36. The Morgan fingerprint density at radius 3 is 2.73 bits per heavy atom. The molecule has 0 atom stereocenters. The van der Waals surface area contributed by atoms with Crippen molar-refractivity contribution in [3.8, 4) is 0 Å². The summed E-state index contributed by atoms with van der Waals surface area (Å²) in [5.41, 5.74) is 2.14. The molecule has 2 aromatic rings. The largest absolute Gasteiger partial charge is 0.296 e. The molecule has 0 unspecified atom stereocenters. The van der Waals surface area contributed by atoms with Gasteiger partial charge in [-0.25, -0.2) is 0 Å². The molecule has 2 aromatic heterocycles. The molecule has 0 saturated carbocycles. The highest BCUT2D eigenvalue weighted by Crippen LogP contribution is 2.10. The summed E-state index contributed by atoms with van der Waals surface area (Å²) in [6.07, 6.45) is 1.79. The normalized spacial score (nSPS) is 10.6. The van der Waals surface area contributed by atoms with Crippen molar-refractivity contribution in [2.75, 3.05) is 0 Å². The third kappa shape index (κ3) is 2.15. The van der Waals surface area contributed by atoms with E-state index in [0.29, 0.717) is 11.8 Å². The molecule has 78 valence electrons. The van der Waals surface area contributed by atoms with Crippen LogP contribution in [-0.2, 0) is 6.54 Å². The molecule has 15 heavy (non-hydrogen) atoms. The summed E-state index contributed by atoms with van der Waals surface area (Å²) < 4.78 is 1.82. The predicted octanol–water partition coefficient (Wildman–Crippen LogP) is 1.99. The summed E-state index contributed by atoms with van der Waals surface area (Å²) in [6, 6.07) is 3.99. The summed E-state index contributed by atoms with van der Waals surface area (Å²) in [7, 11) is 0. The van der Waals surface area contributed by atoms with Crippen molar-refractivity contribution in [3.63, 3.8) is 0 Å². The summed E-state index contributed by atoms with van der Waals surface area (Å²) >= 11 is 5.90. The average Bonchev–Trinajstić information content (AvgIpc) is 2.50. The van der Waals surface area contributed by atoms with Crippen LogP contribution in [0.15, 0.2) is 18.3 Å². The molecule has 0 amide bonds. The second-order valence-electron chi connectivity index (χ2n) is 3.43. The number of halogens is 1. The third-order valence-electron chi connectivity index (χ3n) is 2.18. The molecule has 0 N–H and O–H groups in total. The van der Waals surface area contributed by atoms with Gasteiger partial charge in [0.15, 0.2) is 0 Å². The van der Waals surface area contributed by atoms with Crippen LogP contribution >= 0.6 is 11.6 Å². The minimum Gasteiger partial charge on any atom is -0.296 e. The van der Waals surface area contributed by atoms with E-state index in [4.69, 9.17) is 11.6 Å². The second kappa shape index (κ2) is 3.98. The Hall–Kier alpha value is -1.42. The SMILES string of the molecule is Cc1ccnc(Cn2c(C)nnc2Cl)c1. The van der Waals surface area contributed by atoms with Gasteiger partial charge < -0.3 is 0 Å². The molecule has 0 aliphatic heterocycles. The van der Waals surface area contributed by atoms with Gasteiger partial charge in [-0.15, -0.1) is 10.2 Å². The molecule has 4 nitrogen and oxygen atoms in total.